The molecule has 0 radical (unpaired) electrons. The van der Waals surface area contributed by atoms with Crippen molar-refractivity contribution in [1.29, 1.82) is 0 Å². The van der Waals surface area contributed by atoms with Crippen LogP contribution in [0.1, 0.15) is 21.6 Å². The number of rotatable bonds is 1. The molecule has 3 heteroatoms. The lowest BCUT2D eigenvalue weighted by molar-refractivity contribution is 0.0996. The highest BCUT2D eigenvalue weighted by molar-refractivity contribution is 5.97. The number of aryl methyl sites for hydroxylation is 2. The van der Waals surface area contributed by atoms with Crippen LogP contribution in [0.25, 0.3) is 10.9 Å². The molecule has 0 spiro atoms. The normalized spacial score (nSPS) is 10.7. The third-order valence-electron chi connectivity index (χ3n) is 2.34. The number of fused-ring (bicyclic) bond motifs is 1. The van der Waals surface area contributed by atoms with Crippen molar-refractivity contribution >= 4 is 16.8 Å². The Morgan fingerprint density at radius 3 is 2.64 bits per heavy atom. The first-order valence-electron chi connectivity index (χ1n) is 4.47. The maximum atomic E-state index is 11.0. The Morgan fingerprint density at radius 1 is 1.29 bits per heavy atom. The van der Waals surface area contributed by atoms with Crippen LogP contribution in [0.4, 0.5) is 0 Å². The molecule has 1 aromatic heterocycles. The number of hydrogen-bond donors (Lipinski definition) is 2. The molecule has 2 aromatic rings. The summed E-state index contributed by atoms with van der Waals surface area (Å²) in [5, 5.41) is 1.04. The van der Waals surface area contributed by atoms with Gasteiger partial charge in [-0.25, -0.2) is 0 Å². The van der Waals surface area contributed by atoms with Crippen molar-refractivity contribution < 1.29 is 4.79 Å². The smallest absolute Gasteiger partial charge is 0.265 e. The molecule has 0 fully saturated rings. The number of nitrogens with two attached hydrogens (primary N) is 1. The lowest BCUT2D eigenvalue weighted by atomic mass is 10.1. The van der Waals surface area contributed by atoms with Crippen molar-refractivity contribution in [3.63, 3.8) is 0 Å². The SMILES string of the molecule is Cc1cc(C)c2[nH]c(C(N)=O)cc2c1. The Balaban J connectivity index is 2.76. The zero-order valence-electron chi connectivity index (χ0n) is 8.22. The number of carbonyl (C=O) groups excluding carboxylic acids is 1. The third kappa shape index (κ3) is 1.27. The van der Waals surface area contributed by atoms with Gasteiger partial charge in [0.15, 0.2) is 0 Å². The minimum Gasteiger partial charge on any atom is -0.364 e. The number of benzene rings is 1. The first-order chi connectivity index (χ1) is 6.58. The van der Waals surface area contributed by atoms with Crippen molar-refractivity contribution in [3.05, 3.63) is 35.0 Å². The van der Waals surface area contributed by atoms with E-state index in [1.807, 2.05) is 19.9 Å². The van der Waals surface area contributed by atoms with Gasteiger partial charge in [-0.2, -0.15) is 0 Å². The fraction of sp³-hybridized carbons (Fsp3) is 0.182. The number of primary amides is 1. The molecule has 2 rings (SSSR count). The zero-order valence-corrected chi connectivity index (χ0v) is 8.22. The van der Waals surface area contributed by atoms with Crippen LogP contribution in [0, 0.1) is 13.8 Å². The Kier molecular flexibility index (Phi) is 1.81. The van der Waals surface area contributed by atoms with Crippen LogP contribution < -0.4 is 5.73 Å². The summed E-state index contributed by atoms with van der Waals surface area (Å²) < 4.78 is 0. The van der Waals surface area contributed by atoms with E-state index in [1.54, 1.807) is 6.07 Å². The molecule has 0 unspecified atom stereocenters. The Bertz CT molecular complexity index is 511. The van der Waals surface area contributed by atoms with Crippen LogP contribution in [0.3, 0.4) is 0 Å². The summed E-state index contributed by atoms with van der Waals surface area (Å²) in [6.07, 6.45) is 0. The molecule has 0 atom stereocenters. The van der Waals surface area contributed by atoms with Crippen molar-refractivity contribution in [1.82, 2.24) is 4.98 Å². The quantitative estimate of drug-likeness (QED) is 0.705. The molecule has 0 saturated heterocycles. The van der Waals surface area contributed by atoms with E-state index in [2.05, 4.69) is 11.1 Å². The molecule has 1 aromatic carbocycles. The molecule has 1 heterocycles. The van der Waals surface area contributed by atoms with Gasteiger partial charge < -0.3 is 10.7 Å². The number of amides is 1. The van der Waals surface area contributed by atoms with Gasteiger partial charge in [-0.05, 0) is 31.5 Å². The van der Waals surface area contributed by atoms with Crippen molar-refractivity contribution in [3.8, 4) is 0 Å². The lowest BCUT2D eigenvalue weighted by Gasteiger charge is -1.97. The summed E-state index contributed by atoms with van der Waals surface area (Å²) in [7, 11) is 0. The van der Waals surface area contributed by atoms with E-state index < -0.39 is 5.91 Å². The van der Waals surface area contributed by atoms with E-state index in [4.69, 9.17) is 5.73 Å². The molecule has 1 amide bonds. The van der Waals surface area contributed by atoms with Crippen LogP contribution >= 0.6 is 0 Å². The largest absolute Gasteiger partial charge is 0.364 e. The molecular weight excluding hydrogens is 176 g/mol. The van der Waals surface area contributed by atoms with Gasteiger partial charge in [-0.3, -0.25) is 4.79 Å². The summed E-state index contributed by atoms with van der Waals surface area (Å²) >= 11 is 0. The van der Waals surface area contributed by atoms with E-state index in [0.29, 0.717) is 5.69 Å². The molecular formula is C11H12N2O. The highest BCUT2D eigenvalue weighted by Crippen LogP contribution is 2.20. The number of H-pyrrole nitrogens is 1. The standard InChI is InChI=1S/C11H12N2O/c1-6-3-7(2)10-8(4-6)5-9(13-10)11(12)14/h3-5,13H,1-2H3,(H2,12,14). The van der Waals surface area contributed by atoms with E-state index >= 15 is 0 Å². The minimum absolute atomic E-state index is 0.418. The van der Waals surface area contributed by atoms with E-state index in [0.717, 1.165) is 16.5 Å². The van der Waals surface area contributed by atoms with Gasteiger partial charge in [0.25, 0.3) is 5.91 Å². The molecule has 0 aliphatic heterocycles. The highest BCUT2D eigenvalue weighted by Gasteiger charge is 2.07. The minimum atomic E-state index is -0.418. The van der Waals surface area contributed by atoms with Crippen LogP contribution in [0.15, 0.2) is 18.2 Å². The molecule has 3 nitrogen and oxygen atoms in total. The van der Waals surface area contributed by atoms with Gasteiger partial charge in [-0.1, -0.05) is 11.6 Å². The van der Waals surface area contributed by atoms with Crippen LogP contribution in [0.5, 0.6) is 0 Å². The lowest BCUT2D eigenvalue weighted by Crippen LogP contribution is -2.10. The zero-order chi connectivity index (χ0) is 10.3. The van der Waals surface area contributed by atoms with Gasteiger partial charge in [0.1, 0.15) is 5.69 Å². The second kappa shape index (κ2) is 2.87. The topological polar surface area (TPSA) is 58.9 Å². The number of nitrogens with one attached hydrogen (secondary N) is 1. The summed E-state index contributed by atoms with van der Waals surface area (Å²) in [4.78, 5) is 14.0. The first kappa shape index (κ1) is 8.81. The van der Waals surface area contributed by atoms with Gasteiger partial charge in [0, 0.05) is 10.9 Å². The second-order valence-electron chi connectivity index (χ2n) is 3.59. The van der Waals surface area contributed by atoms with Gasteiger partial charge >= 0.3 is 0 Å². The Labute approximate surface area is 81.9 Å². The highest BCUT2D eigenvalue weighted by atomic mass is 16.1. The maximum absolute atomic E-state index is 11.0. The van der Waals surface area contributed by atoms with E-state index in [-0.39, 0.29) is 0 Å². The average Bonchev–Trinajstić information content (AvgIpc) is 2.47. The first-order valence-corrected chi connectivity index (χ1v) is 4.47. The van der Waals surface area contributed by atoms with Gasteiger partial charge in [0.05, 0.1) is 0 Å². The third-order valence-corrected chi connectivity index (χ3v) is 2.34. The monoisotopic (exact) mass is 188 g/mol. The summed E-state index contributed by atoms with van der Waals surface area (Å²) in [5.74, 6) is -0.418. The molecule has 0 bridgehead atoms. The fourth-order valence-corrected chi connectivity index (χ4v) is 1.74. The van der Waals surface area contributed by atoms with E-state index in [1.165, 1.54) is 5.56 Å². The molecule has 72 valence electrons. The van der Waals surface area contributed by atoms with Crippen molar-refractivity contribution in [2.45, 2.75) is 13.8 Å². The van der Waals surface area contributed by atoms with Crippen LogP contribution in [0.2, 0.25) is 0 Å². The molecule has 14 heavy (non-hydrogen) atoms. The second-order valence-corrected chi connectivity index (χ2v) is 3.59. The molecule has 0 saturated carbocycles. The van der Waals surface area contributed by atoms with Gasteiger partial charge in [-0.15, -0.1) is 0 Å². The number of aromatic nitrogens is 1. The fourth-order valence-electron chi connectivity index (χ4n) is 1.74. The predicted octanol–water partition coefficient (Wildman–Crippen LogP) is 1.88. The molecule has 3 N–H and O–H groups in total. The number of aromatic amines is 1. The summed E-state index contributed by atoms with van der Waals surface area (Å²) in [5.41, 5.74) is 8.97. The number of carbonyl (C=O) groups is 1. The maximum Gasteiger partial charge on any atom is 0.265 e. The molecule has 0 aliphatic rings. The van der Waals surface area contributed by atoms with E-state index in [9.17, 15) is 4.79 Å². The summed E-state index contributed by atoms with van der Waals surface area (Å²) in [6.45, 7) is 4.04. The number of hydrogen-bond acceptors (Lipinski definition) is 1. The molecule has 0 aliphatic carbocycles. The van der Waals surface area contributed by atoms with Crippen LogP contribution in [-0.2, 0) is 0 Å². The Hall–Kier alpha value is -1.77. The summed E-state index contributed by atoms with van der Waals surface area (Å²) in [6, 6.07) is 5.90. The van der Waals surface area contributed by atoms with Crippen molar-refractivity contribution in [2.24, 2.45) is 5.73 Å². The Morgan fingerprint density at radius 2 is 2.00 bits per heavy atom. The van der Waals surface area contributed by atoms with Crippen LogP contribution in [-0.4, -0.2) is 10.9 Å². The van der Waals surface area contributed by atoms with Crippen molar-refractivity contribution in [2.75, 3.05) is 0 Å². The average molecular weight is 188 g/mol. The predicted molar refractivity (Wildman–Crippen MR) is 56.3 cm³/mol. The van der Waals surface area contributed by atoms with Gasteiger partial charge in [0.2, 0.25) is 0 Å².